The van der Waals surface area contributed by atoms with Gasteiger partial charge in [-0.3, -0.25) is 19.5 Å². The van der Waals surface area contributed by atoms with E-state index in [0.717, 1.165) is 5.56 Å². The summed E-state index contributed by atoms with van der Waals surface area (Å²) in [6.07, 6.45) is 5.79. The fourth-order valence-electron chi connectivity index (χ4n) is 2.22. The van der Waals surface area contributed by atoms with E-state index < -0.39 is 0 Å². The van der Waals surface area contributed by atoms with Crippen LogP contribution in [-0.4, -0.2) is 34.0 Å². The maximum absolute atomic E-state index is 12.6. The molecule has 2 aromatic heterocycles. The Hall–Kier alpha value is -1.70. The molecule has 124 valence electrons. The number of Topliss-reactive ketones (excluding diaryl/α,β-unsaturated/α-hetero) is 1. The molecule has 1 aliphatic heterocycles. The van der Waals surface area contributed by atoms with Crippen LogP contribution in [0, 0.1) is 0 Å². The highest BCUT2D eigenvalue weighted by atomic mass is 35.5. The third kappa shape index (κ3) is 3.38. The van der Waals surface area contributed by atoms with Crippen molar-refractivity contribution in [3.05, 3.63) is 40.7 Å². The minimum Gasteiger partial charge on any atom is -0.300 e. The van der Waals surface area contributed by atoms with Gasteiger partial charge in [-0.15, -0.1) is 11.8 Å². The number of carbonyl (C=O) groups excluding carboxylic acids is 2. The van der Waals surface area contributed by atoms with Gasteiger partial charge in [0.2, 0.25) is 0 Å². The van der Waals surface area contributed by atoms with Crippen LogP contribution in [0.1, 0.15) is 13.3 Å². The number of likely N-dealkylation sites (N-methyl/N-ethyl adjacent to an activating group) is 1. The molecule has 1 amide bonds. The number of hydrogen-bond acceptors (Lipinski definition) is 6. The van der Waals surface area contributed by atoms with Crippen LogP contribution in [0.2, 0.25) is 5.15 Å². The molecule has 0 spiro atoms. The first-order valence-electron chi connectivity index (χ1n) is 7.19. The van der Waals surface area contributed by atoms with E-state index in [1.807, 2.05) is 18.2 Å². The molecular formula is C16H14ClN3O2S2. The molecule has 0 fully saturated rings. The zero-order valence-corrected chi connectivity index (χ0v) is 15.4. The first-order valence-corrected chi connectivity index (χ1v) is 9.27. The Morgan fingerprint density at radius 3 is 2.83 bits per heavy atom. The molecule has 24 heavy (non-hydrogen) atoms. The quantitative estimate of drug-likeness (QED) is 0.808. The third-order valence-corrected chi connectivity index (χ3v) is 6.50. The maximum Gasteiger partial charge on any atom is 0.264 e. The molecule has 3 heterocycles. The van der Waals surface area contributed by atoms with Crippen molar-refractivity contribution in [2.45, 2.75) is 18.6 Å². The summed E-state index contributed by atoms with van der Waals surface area (Å²) in [5.41, 5.74) is 0.850. The average molecular weight is 380 g/mol. The van der Waals surface area contributed by atoms with Gasteiger partial charge in [0.15, 0.2) is 5.15 Å². The van der Waals surface area contributed by atoms with Gasteiger partial charge in [0.05, 0.1) is 10.2 Å². The lowest BCUT2D eigenvalue weighted by atomic mass is 10.2. The maximum atomic E-state index is 12.6. The zero-order chi connectivity index (χ0) is 17.3. The molecule has 1 unspecified atom stereocenters. The molecule has 0 saturated carbocycles. The van der Waals surface area contributed by atoms with Crippen LogP contribution in [0.25, 0.3) is 10.6 Å². The second-order valence-electron chi connectivity index (χ2n) is 5.24. The van der Waals surface area contributed by atoms with E-state index in [9.17, 15) is 9.59 Å². The van der Waals surface area contributed by atoms with Crippen molar-refractivity contribution in [1.82, 2.24) is 9.97 Å². The number of pyridine rings is 1. The van der Waals surface area contributed by atoms with Gasteiger partial charge >= 0.3 is 0 Å². The van der Waals surface area contributed by atoms with Crippen LogP contribution >= 0.6 is 34.7 Å². The van der Waals surface area contributed by atoms with Crippen LogP contribution in [0.15, 0.2) is 35.5 Å². The number of rotatable bonds is 4. The van der Waals surface area contributed by atoms with Crippen LogP contribution in [0.3, 0.4) is 0 Å². The predicted octanol–water partition coefficient (Wildman–Crippen LogP) is 3.80. The van der Waals surface area contributed by atoms with Crippen molar-refractivity contribution < 1.29 is 9.59 Å². The highest BCUT2D eigenvalue weighted by Crippen LogP contribution is 2.40. The number of carbonyl (C=O) groups is 2. The Morgan fingerprint density at radius 2 is 2.21 bits per heavy atom. The van der Waals surface area contributed by atoms with Crippen molar-refractivity contribution in [3.8, 4) is 10.6 Å². The van der Waals surface area contributed by atoms with Crippen molar-refractivity contribution >= 4 is 51.4 Å². The summed E-state index contributed by atoms with van der Waals surface area (Å²) in [7, 11) is 1.66. The molecule has 1 aliphatic rings. The minimum absolute atomic E-state index is 0.0800. The Balaban J connectivity index is 1.81. The second-order valence-corrected chi connectivity index (χ2v) is 7.82. The summed E-state index contributed by atoms with van der Waals surface area (Å²) in [5.74, 6) is -0.0940. The first kappa shape index (κ1) is 17.1. The summed E-state index contributed by atoms with van der Waals surface area (Å²) in [6, 6.07) is 3.71. The van der Waals surface area contributed by atoms with E-state index in [-0.39, 0.29) is 22.1 Å². The Morgan fingerprint density at radius 1 is 1.42 bits per heavy atom. The number of anilines is 1. The first-order chi connectivity index (χ1) is 11.5. The van der Waals surface area contributed by atoms with Gasteiger partial charge in [-0.05, 0) is 25.5 Å². The van der Waals surface area contributed by atoms with E-state index in [0.29, 0.717) is 21.3 Å². The van der Waals surface area contributed by atoms with Gasteiger partial charge in [-0.25, -0.2) is 4.98 Å². The number of ketones is 1. The number of amides is 1. The average Bonchev–Trinajstić information content (AvgIpc) is 3.21. The number of halogens is 1. The molecule has 0 bridgehead atoms. The smallest absolute Gasteiger partial charge is 0.264 e. The standard InChI is InChI=1S/C16H14ClN3O2S2/c1-9(21)11-5-6-12(23-11)15(22)20(2)16-13(17)19-14(24-16)10-4-3-7-18-8-10/h3-4,6-8,11H,5H2,1-2H3. The van der Waals surface area contributed by atoms with E-state index in [1.165, 1.54) is 28.0 Å². The molecule has 2 aromatic rings. The lowest BCUT2D eigenvalue weighted by Crippen LogP contribution is -2.26. The SMILES string of the molecule is CC(=O)C1CC=C(C(=O)N(C)c2sc(-c3cccnc3)nc2Cl)S1. The van der Waals surface area contributed by atoms with Gasteiger partial charge in [0.1, 0.15) is 15.8 Å². The molecule has 5 nitrogen and oxygen atoms in total. The topological polar surface area (TPSA) is 63.2 Å². The lowest BCUT2D eigenvalue weighted by Gasteiger charge is -2.16. The summed E-state index contributed by atoms with van der Waals surface area (Å²) in [5, 5.41) is 1.40. The van der Waals surface area contributed by atoms with Crippen molar-refractivity contribution in [1.29, 1.82) is 0 Å². The number of thioether (sulfide) groups is 1. The fraction of sp³-hybridized carbons (Fsp3) is 0.250. The van der Waals surface area contributed by atoms with Gasteiger partial charge < -0.3 is 0 Å². The Kier molecular flexibility index (Phi) is 5.03. The van der Waals surface area contributed by atoms with Gasteiger partial charge in [0.25, 0.3) is 5.91 Å². The molecule has 0 saturated heterocycles. The molecule has 0 radical (unpaired) electrons. The molecular weight excluding hydrogens is 366 g/mol. The fourth-order valence-corrected chi connectivity index (χ4v) is 4.60. The molecule has 8 heteroatoms. The molecule has 0 N–H and O–H groups in total. The van der Waals surface area contributed by atoms with Crippen molar-refractivity contribution in [2.75, 3.05) is 11.9 Å². The highest BCUT2D eigenvalue weighted by Gasteiger charge is 2.29. The summed E-state index contributed by atoms with van der Waals surface area (Å²) < 4.78 is 0. The third-order valence-electron chi connectivity index (χ3n) is 3.54. The van der Waals surface area contributed by atoms with Crippen LogP contribution in [0.5, 0.6) is 0 Å². The summed E-state index contributed by atoms with van der Waals surface area (Å²) in [4.78, 5) is 34.6. The number of thiazole rings is 1. The number of aromatic nitrogens is 2. The Bertz CT molecular complexity index is 820. The van der Waals surface area contributed by atoms with E-state index >= 15 is 0 Å². The highest BCUT2D eigenvalue weighted by molar-refractivity contribution is 8.05. The number of allylic oxidation sites excluding steroid dienone is 1. The van der Waals surface area contributed by atoms with E-state index in [4.69, 9.17) is 11.6 Å². The molecule has 0 aliphatic carbocycles. The van der Waals surface area contributed by atoms with Crippen LogP contribution < -0.4 is 4.90 Å². The van der Waals surface area contributed by atoms with Crippen LogP contribution in [-0.2, 0) is 9.59 Å². The van der Waals surface area contributed by atoms with Crippen LogP contribution in [0.4, 0.5) is 5.00 Å². The van der Waals surface area contributed by atoms with E-state index in [1.54, 1.807) is 26.4 Å². The van der Waals surface area contributed by atoms with E-state index in [2.05, 4.69) is 9.97 Å². The molecule has 1 atom stereocenters. The number of nitrogens with zero attached hydrogens (tertiary/aromatic N) is 3. The molecule has 0 aromatic carbocycles. The predicted molar refractivity (Wildman–Crippen MR) is 98.5 cm³/mol. The normalized spacial score (nSPS) is 16.8. The van der Waals surface area contributed by atoms with Gasteiger partial charge in [-0.1, -0.05) is 29.0 Å². The monoisotopic (exact) mass is 379 g/mol. The van der Waals surface area contributed by atoms with Gasteiger partial charge in [0, 0.05) is 25.0 Å². The molecule has 3 rings (SSSR count). The van der Waals surface area contributed by atoms with Crippen molar-refractivity contribution in [3.63, 3.8) is 0 Å². The minimum atomic E-state index is -0.174. The zero-order valence-electron chi connectivity index (χ0n) is 13.0. The lowest BCUT2D eigenvalue weighted by molar-refractivity contribution is -0.116. The summed E-state index contributed by atoms with van der Waals surface area (Å²) in [6.45, 7) is 1.54. The Labute approximate surface area is 152 Å². The van der Waals surface area contributed by atoms with Crippen molar-refractivity contribution in [2.24, 2.45) is 0 Å². The largest absolute Gasteiger partial charge is 0.300 e. The number of hydrogen-bond donors (Lipinski definition) is 0. The van der Waals surface area contributed by atoms with Gasteiger partial charge in [-0.2, -0.15) is 0 Å². The second kappa shape index (κ2) is 7.04. The summed E-state index contributed by atoms with van der Waals surface area (Å²) >= 11 is 8.87.